The lowest BCUT2D eigenvalue weighted by molar-refractivity contribution is -0.140. The highest BCUT2D eigenvalue weighted by atomic mass is 79.9. The van der Waals surface area contributed by atoms with E-state index in [4.69, 9.17) is 5.73 Å². The number of carbonyl (C=O) groups is 2. The van der Waals surface area contributed by atoms with Gasteiger partial charge in [0.25, 0.3) is 5.91 Å². The molecule has 1 amide bonds. The molecule has 3 N–H and O–H groups in total. The van der Waals surface area contributed by atoms with Crippen LogP contribution >= 0.6 is 15.9 Å². The molecule has 0 radical (unpaired) electrons. The van der Waals surface area contributed by atoms with E-state index in [1.807, 2.05) is 0 Å². The number of anilines is 1. The number of nitrogens with one attached hydrogen (secondary N) is 1. The summed E-state index contributed by atoms with van der Waals surface area (Å²) < 4.78 is 53.1. The first-order valence-electron chi connectivity index (χ1n) is 5.35. The molecule has 0 aliphatic heterocycles. The van der Waals surface area contributed by atoms with Crippen molar-refractivity contribution in [3.05, 3.63) is 28.0 Å². The van der Waals surface area contributed by atoms with Crippen molar-refractivity contribution >= 4 is 33.5 Å². The Hall–Kier alpha value is -1.84. The number of benzene rings is 1. The van der Waals surface area contributed by atoms with Crippen LogP contribution in [0.3, 0.4) is 0 Å². The van der Waals surface area contributed by atoms with Crippen molar-refractivity contribution in [2.24, 2.45) is 0 Å². The summed E-state index contributed by atoms with van der Waals surface area (Å²) in [5.41, 5.74) is 4.80. The highest BCUT2D eigenvalue weighted by Crippen LogP contribution is 2.23. The van der Waals surface area contributed by atoms with E-state index in [0.717, 1.165) is 12.1 Å². The first-order chi connectivity index (χ1) is 9.60. The summed E-state index contributed by atoms with van der Waals surface area (Å²) in [4.78, 5) is 22.6. The number of halogens is 5. The number of hydrogen-bond donors (Lipinski definition) is 2. The number of ether oxygens (including phenoxy) is 1. The number of nitrogens with two attached hydrogens (primary N) is 1. The van der Waals surface area contributed by atoms with E-state index < -0.39 is 37.0 Å². The Morgan fingerprint density at radius 2 is 1.95 bits per heavy atom. The Labute approximate surface area is 124 Å². The minimum Gasteiger partial charge on any atom is -0.452 e. The van der Waals surface area contributed by atoms with Crippen LogP contribution in [0, 0.1) is 5.82 Å². The fourth-order valence-electron chi connectivity index (χ4n) is 1.18. The predicted molar refractivity (Wildman–Crippen MR) is 67.9 cm³/mol. The molecule has 1 aromatic rings. The van der Waals surface area contributed by atoms with Crippen LogP contribution in [0.1, 0.15) is 10.4 Å². The maximum absolute atomic E-state index is 13.1. The minimum atomic E-state index is -4.56. The molecule has 116 valence electrons. The van der Waals surface area contributed by atoms with Crippen molar-refractivity contribution in [2.45, 2.75) is 6.18 Å². The van der Waals surface area contributed by atoms with Gasteiger partial charge in [-0.15, -0.1) is 0 Å². The molecule has 0 heterocycles. The zero-order chi connectivity index (χ0) is 16.2. The second-order valence-electron chi connectivity index (χ2n) is 3.82. The minimum absolute atomic E-state index is 0.0369. The van der Waals surface area contributed by atoms with E-state index in [2.05, 4.69) is 20.7 Å². The zero-order valence-corrected chi connectivity index (χ0v) is 11.8. The fraction of sp³-hybridized carbons (Fsp3) is 0.273. The standard InChI is InChI=1S/C11H9BrF4N2O3/c12-6-2-7(13)8(17)1-5(6)10(20)21-3-9(19)18-4-11(14,15)16/h1-2H,3-4,17H2,(H,18,19). The van der Waals surface area contributed by atoms with E-state index >= 15 is 0 Å². The topological polar surface area (TPSA) is 81.4 Å². The highest BCUT2D eigenvalue weighted by molar-refractivity contribution is 9.10. The van der Waals surface area contributed by atoms with Crippen LogP contribution in [0.4, 0.5) is 23.2 Å². The third-order valence-electron chi connectivity index (χ3n) is 2.13. The Morgan fingerprint density at radius 1 is 1.33 bits per heavy atom. The Kier molecular flexibility index (Phi) is 5.53. The van der Waals surface area contributed by atoms with E-state index in [1.54, 1.807) is 0 Å². The summed E-state index contributed by atoms with van der Waals surface area (Å²) in [6.45, 7) is -2.44. The van der Waals surface area contributed by atoms with Gasteiger partial charge >= 0.3 is 12.1 Å². The van der Waals surface area contributed by atoms with E-state index in [9.17, 15) is 27.2 Å². The van der Waals surface area contributed by atoms with Crippen molar-refractivity contribution in [1.29, 1.82) is 0 Å². The number of hydrogen-bond acceptors (Lipinski definition) is 4. The molecule has 0 saturated heterocycles. The van der Waals surface area contributed by atoms with E-state index in [0.29, 0.717) is 0 Å². The van der Waals surface area contributed by atoms with Gasteiger partial charge in [0.2, 0.25) is 0 Å². The fourth-order valence-corrected chi connectivity index (χ4v) is 1.66. The summed E-state index contributed by atoms with van der Waals surface area (Å²) in [5.74, 6) is -2.91. The molecule has 10 heteroatoms. The first kappa shape index (κ1) is 17.2. The molecule has 0 saturated carbocycles. The SMILES string of the molecule is Nc1cc(C(=O)OCC(=O)NCC(F)(F)F)c(Br)cc1F. The van der Waals surface area contributed by atoms with Gasteiger partial charge in [-0.3, -0.25) is 4.79 Å². The third-order valence-corrected chi connectivity index (χ3v) is 2.78. The van der Waals surface area contributed by atoms with Crippen molar-refractivity contribution in [2.75, 3.05) is 18.9 Å². The van der Waals surface area contributed by atoms with Crippen LogP contribution in [0.2, 0.25) is 0 Å². The molecule has 1 aromatic carbocycles. The maximum atomic E-state index is 13.1. The number of esters is 1. The molecule has 0 fully saturated rings. The first-order valence-corrected chi connectivity index (χ1v) is 6.14. The lowest BCUT2D eigenvalue weighted by Gasteiger charge is -2.10. The molecule has 0 aliphatic rings. The molecule has 0 bridgehead atoms. The molecular formula is C11H9BrF4N2O3. The molecule has 0 unspecified atom stereocenters. The Balaban J connectivity index is 2.59. The van der Waals surface area contributed by atoms with Crippen molar-refractivity contribution in [3.8, 4) is 0 Å². The predicted octanol–water partition coefficient (Wildman–Crippen LogP) is 2.01. The molecule has 0 atom stereocenters. The van der Waals surface area contributed by atoms with Gasteiger partial charge in [-0.05, 0) is 28.1 Å². The monoisotopic (exact) mass is 372 g/mol. The second-order valence-corrected chi connectivity index (χ2v) is 4.68. The normalized spacial score (nSPS) is 11.1. The molecule has 0 aromatic heterocycles. The van der Waals surface area contributed by atoms with E-state index in [-0.39, 0.29) is 15.7 Å². The molecule has 5 nitrogen and oxygen atoms in total. The largest absolute Gasteiger partial charge is 0.452 e. The zero-order valence-electron chi connectivity index (χ0n) is 10.3. The summed E-state index contributed by atoms with van der Waals surface area (Å²) in [7, 11) is 0. The highest BCUT2D eigenvalue weighted by Gasteiger charge is 2.28. The number of alkyl halides is 3. The average Bonchev–Trinajstić information content (AvgIpc) is 2.37. The third kappa shape index (κ3) is 5.58. The van der Waals surface area contributed by atoms with Crippen molar-refractivity contribution in [1.82, 2.24) is 5.32 Å². The van der Waals surface area contributed by atoms with Gasteiger partial charge in [0.1, 0.15) is 12.4 Å². The van der Waals surface area contributed by atoms with Gasteiger partial charge < -0.3 is 15.8 Å². The van der Waals surface area contributed by atoms with Gasteiger partial charge in [-0.2, -0.15) is 13.2 Å². The average molecular weight is 373 g/mol. The van der Waals surface area contributed by atoms with Crippen LogP contribution in [-0.2, 0) is 9.53 Å². The summed E-state index contributed by atoms with van der Waals surface area (Å²) in [5, 5.41) is 1.53. The van der Waals surface area contributed by atoms with Gasteiger partial charge in [0, 0.05) is 4.47 Å². The van der Waals surface area contributed by atoms with Crippen molar-refractivity contribution in [3.63, 3.8) is 0 Å². The Bertz CT molecular complexity index is 563. The number of rotatable bonds is 4. The second kappa shape index (κ2) is 6.74. The van der Waals surface area contributed by atoms with E-state index in [1.165, 1.54) is 5.32 Å². The number of carbonyl (C=O) groups excluding carboxylic acids is 2. The summed E-state index contributed by atoms with van der Waals surface area (Å²) in [6.07, 6.45) is -4.56. The maximum Gasteiger partial charge on any atom is 0.405 e. The smallest absolute Gasteiger partial charge is 0.405 e. The van der Waals surface area contributed by atoms with Crippen LogP contribution in [-0.4, -0.2) is 31.2 Å². The van der Waals surface area contributed by atoms with Gasteiger partial charge in [0.15, 0.2) is 6.61 Å². The Morgan fingerprint density at radius 3 is 2.52 bits per heavy atom. The van der Waals surface area contributed by atoms with Crippen LogP contribution in [0.15, 0.2) is 16.6 Å². The summed E-state index contributed by atoms with van der Waals surface area (Å²) in [6, 6.07) is 1.91. The van der Waals surface area contributed by atoms with Crippen LogP contribution in [0.25, 0.3) is 0 Å². The molecule has 21 heavy (non-hydrogen) atoms. The van der Waals surface area contributed by atoms with Gasteiger partial charge in [-0.25, -0.2) is 9.18 Å². The molecule has 0 aliphatic carbocycles. The number of nitrogen functional groups attached to an aromatic ring is 1. The quantitative estimate of drug-likeness (QED) is 0.481. The van der Waals surface area contributed by atoms with Crippen LogP contribution < -0.4 is 11.1 Å². The molecule has 1 rings (SSSR count). The molecule has 0 spiro atoms. The lowest BCUT2D eigenvalue weighted by Crippen LogP contribution is -2.36. The van der Waals surface area contributed by atoms with Gasteiger partial charge in [-0.1, -0.05) is 0 Å². The number of amides is 1. The lowest BCUT2D eigenvalue weighted by atomic mass is 10.2. The molecular weight excluding hydrogens is 364 g/mol. The van der Waals surface area contributed by atoms with Gasteiger partial charge in [0.05, 0.1) is 11.3 Å². The van der Waals surface area contributed by atoms with Crippen LogP contribution in [0.5, 0.6) is 0 Å². The summed E-state index contributed by atoms with van der Waals surface area (Å²) >= 11 is 2.90. The van der Waals surface area contributed by atoms with Crippen molar-refractivity contribution < 1.29 is 31.9 Å².